The van der Waals surface area contributed by atoms with Gasteiger partial charge in [-0.2, -0.15) is 5.10 Å². The molecule has 1 aromatic heterocycles. The van der Waals surface area contributed by atoms with E-state index in [2.05, 4.69) is 10.4 Å². The van der Waals surface area contributed by atoms with Crippen LogP contribution in [0, 0.1) is 5.92 Å². The molecule has 8 heteroatoms. The van der Waals surface area contributed by atoms with Gasteiger partial charge in [0.05, 0.1) is 11.6 Å². The van der Waals surface area contributed by atoms with Gasteiger partial charge in [-0.05, 0) is 43.4 Å². The molecule has 3 N–H and O–H groups in total. The number of hydrogen-bond acceptors (Lipinski definition) is 5. The van der Waals surface area contributed by atoms with E-state index in [4.69, 9.17) is 5.73 Å². The van der Waals surface area contributed by atoms with Crippen LogP contribution in [0.2, 0.25) is 0 Å². The fourth-order valence-corrected chi connectivity index (χ4v) is 4.42. The number of carbonyl (C=O) groups excluding carboxylic acids is 3. The average Bonchev–Trinajstić information content (AvgIpc) is 3.33. The van der Waals surface area contributed by atoms with Gasteiger partial charge < -0.3 is 20.7 Å². The van der Waals surface area contributed by atoms with E-state index in [1.54, 1.807) is 24.1 Å². The Morgan fingerprint density at radius 3 is 2.88 bits per heavy atom. The van der Waals surface area contributed by atoms with Crippen molar-refractivity contribution in [1.29, 1.82) is 0 Å². The molecule has 1 saturated carbocycles. The Morgan fingerprint density at radius 2 is 2.19 bits per heavy atom. The van der Waals surface area contributed by atoms with Gasteiger partial charge in [-0.1, -0.05) is 0 Å². The van der Waals surface area contributed by atoms with Crippen molar-refractivity contribution < 1.29 is 14.4 Å². The number of carbonyl (C=O) groups is 3. The number of hydrogen-bond donors (Lipinski definition) is 2. The van der Waals surface area contributed by atoms with Crippen LogP contribution in [0.3, 0.4) is 0 Å². The molecule has 1 aromatic carbocycles. The van der Waals surface area contributed by atoms with Gasteiger partial charge in [0.15, 0.2) is 5.69 Å². The summed E-state index contributed by atoms with van der Waals surface area (Å²) in [7, 11) is 1.78. The summed E-state index contributed by atoms with van der Waals surface area (Å²) in [5, 5.41) is 7.88. The first-order valence-corrected chi connectivity index (χ1v) is 8.78. The van der Waals surface area contributed by atoms with Crippen LogP contribution in [0.25, 0.3) is 10.9 Å². The van der Waals surface area contributed by atoms with Crippen LogP contribution in [0.1, 0.15) is 29.8 Å². The number of anilines is 1. The molecular weight excluding hydrogens is 334 g/mol. The van der Waals surface area contributed by atoms with Crippen molar-refractivity contribution in [2.75, 3.05) is 12.4 Å². The second-order valence-corrected chi connectivity index (χ2v) is 7.01. The molecule has 2 fully saturated rings. The Labute approximate surface area is 150 Å². The lowest BCUT2D eigenvalue weighted by molar-refractivity contribution is -0.139. The molecule has 1 aliphatic carbocycles. The molecule has 136 valence electrons. The Hall–Kier alpha value is -2.90. The summed E-state index contributed by atoms with van der Waals surface area (Å²) in [6.45, 7) is -0.0176. The van der Waals surface area contributed by atoms with Crippen LogP contribution >= 0.6 is 0 Å². The minimum Gasteiger partial charge on any atom is -0.388 e. The van der Waals surface area contributed by atoms with Crippen LogP contribution < -0.4 is 11.1 Å². The second kappa shape index (κ2) is 6.12. The summed E-state index contributed by atoms with van der Waals surface area (Å²) < 4.78 is 1.51. The number of primary amides is 1. The van der Waals surface area contributed by atoms with Gasteiger partial charge in [0.1, 0.15) is 12.8 Å². The lowest BCUT2D eigenvalue weighted by Crippen LogP contribution is -2.47. The summed E-state index contributed by atoms with van der Waals surface area (Å²) in [5.41, 5.74) is 7.08. The van der Waals surface area contributed by atoms with Crippen LogP contribution in [-0.4, -0.2) is 51.9 Å². The van der Waals surface area contributed by atoms with Gasteiger partial charge in [0.25, 0.3) is 5.91 Å². The number of benzene rings is 1. The van der Waals surface area contributed by atoms with Gasteiger partial charge in [-0.25, -0.2) is 0 Å². The van der Waals surface area contributed by atoms with Crippen molar-refractivity contribution in [2.24, 2.45) is 11.7 Å². The molecule has 2 amide bonds. The highest BCUT2D eigenvalue weighted by molar-refractivity contribution is 6.05. The lowest BCUT2D eigenvalue weighted by atomic mass is 10.00. The zero-order chi connectivity index (χ0) is 18.4. The highest BCUT2D eigenvalue weighted by Crippen LogP contribution is 2.41. The number of nitrogens with zero attached hydrogens (tertiary/aromatic N) is 3. The summed E-state index contributed by atoms with van der Waals surface area (Å²) in [5.74, 6) is -0.511. The molecule has 2 aliphatic rings. The maximum Gasteiger partial charge on any atom is 0.269 e. The third-order valence-corrected chi connectivity index (χ3v) is 5.63. The van der Waals surface area contributed by atoms with E-state index >= 15 is 0 Å². The molecule has 4 rings (SSSR count). The molecule has 3 atom stereocenters. The number of aldehydes is 1. The largest absolute Gasteiger partial charge is 0.388 e. The predicted octanol–water partition coefficient (Wildman–Crippen LogP) is 0.755. The predicted molar refractivity (Wildman–Crippen MR) is 95.6 cm³/mol. The number of rotatable bonds is 5. The van der Waals surface area contributed by atoms with Gasteiger partial charge in [-0.15, -0.1) is 0 Å². The van der Waals surface area contributed by atoms with Crippen LogP contribution in [0.5, 0.6) is 0 Å². The molecule has 1 aliphatic heterocycles. The molecule has 0 spiro atoms. The molecule has 2 aromatic rings. The summed E-state index contributed by atoms with van der Waals surface area (Å²) in [6.07, 6.45) is 3.73. The van der Waals surface area contributed by atoms with E-state index in [-0.39, 0.29) is 36.1 Å². The Bertz CT molecular complexity index is 906. The minimum absolute atomic E-state index is 0.0176. The third kappa shape index (κ3) is 2.44. The van der Waals surface area contributed by atoms with Gasteiger partial charge >= 0.3 is 0 Å². The van der Waals surface area contributed by atoms with Crippen LogP contribution in [0.15, 0.2) is 18.2 Å². The maximum atomic E-state index is 12.9. The van der Waals surface area contributed by atoms with Gasteiger partial charge in [0.2, 0.25) is 5.91 Å². The SMILES string of the molecule is CNc1ccc2c(c1)c(C(N)=O)nn2CC(=O)N1C2CCC(C2)C1C=O. The number of aromatic nitrogens is 2. The number of likely N-dealkylation sites (tertiary alicyclic amines) is 1. The molecule has 2 bridgehead atoms. The fraction of sp³-hybridized carbons (Fsp3) is 0.444. The summed E-state index contributed by atoms with van der Waals surface area (Å²) in [4.78, 5) is 37.8. The van der Waals surface area contributed by atoms with E-state index in [1.165, 1.54) is 4.68 Å². The summed E-state index contributed by atoms with van der Waals surface area (Å²) >= 11 is 0. The number of nitrogens with one attached hydrogen (secondary N) is 1. The quantitative estimate of drug-likeness (QED) is 0.769. The molecule has 1 saturated heterocycles. The maximum absolute atomic E-state index is 12.9. The van der Waals surface area contributed by atoms with Crippen molar-refractivity contribution in [1.82, 2.24) is 14.7 Å². The van der Waals surface area contributed by atoms with Crippen molar-refractivity contribution in [3.05, 3.63) is 23.9 Å². The van der Waals surface area contributed by atoms with E-state index < -0.39 is 5.91 Å². The topological polar surface area (TPSA) is 110 Å². The first-order valence-electron chi connectivity index (χ1n) is 8.78. The van der Waals surface area contributed by atoms with E-state index in [9.17, 15) is 14.4 Å². The monoisotopic (exact) mass is 355 g/mol. The standard InChI is InChI=1S/C18H21N5O3/c1-20-11-3-5-14-13(7-11)17(18(19)26)21-22(14)8-16(25)23-12-4-2-10(6-12)15(23)9-24/h3,5,7,9-10,12,15,20H,2,4,6,8H2,1H3,(H2,19,26). The highest BCUT2D eigenvalue weighted by Gasteiger charge is 2.47. The minimum atomic E-state index is -0.638. The normalized spacial score (nSPS) is 24.2. The van der Waals surface area contributed by atoms with Gasteiger partial charge in [-0.3, -0.25) is 14.3 Å². The molecule has 3 unspecified atom stereocenters. The fourth-order valence-electron chi connectivity index (χ4n) is 4.42. The van der Waals surface area contributed by atoms with E-state index in [0.717, 1.165) is 31.2 Å². The molecule has 8 nitrogen and oxygen atoms in total. The number of amides is 2. The Kier molecular flexibility index (Phi) is 3.90. The first-order chi connectivity index (χ1) is 12.5. The zero-order valence-corrected chi connectivity index (χ0v) is 14.5. The smallest absolute Gasteiger partial charge is 0.269 e. The van der Waals surface area contributed by atoms with Crippen molar-refractivity contribution in [2.45, 2.75) is 37.9 Å². The molecule has 2 heterocycles. The van der Waals surface area contributed by atoms with Crippen molar-refractivity contribution in [3.63, 3.8) is 0 Å². The van der Waals surface area contributed by atoms with Crippen LogP contribution in [-0.2, 0) is 16.1 Å². The molecule has 26 heavy (non-hydrogen) atoms. The van der Waals surface area contributed by atoms with Crippen molar-refractivity contribution >= 4 is 34.7 Å². The lowest BCUT2D eigenvalue weighted by Gasteiger charge is -2.32. The highest BCUT2D eigenvalue weighted by atomic mass is 16.2. The van der Waals surface area contributed by atoms with E-state index in [1.807, 2.05) is 6.07 Å². The zero-order valence-electron chi connectivity index (χ0n) is 14.5. The summed E-state index contributed by atoms with van der Waals surface area (Å²) in [6, 6.07) is 5.24. The van der Waals surface area contributed by atoms with Crippen LogP contribution in [0.4, 0.5) is 5.69 Å². The second-order valence-electron chi connectivity index (χ2n) is 7.01. The van der Waals surface area contributed by atoms with Crippen molar-refractivity contribution in [3.8, 4) is 0 Å². The average molecular weight is 355 g/mol. The first kappa shape index (κ1) is 16.6. The van der Waals surface area contributed by atoms with Gasteiger partial charge in [0, 0.05) is 24.2 Å². The molecule has 0 radical (unpaired) electrons. The number of fused-ring (bicyclic) bond motifs is 3. The molecular formula is C18H21N5O3. The Morgan fingerprint density at radius 1 is 1.38 bits per heavy atom. The third-order valence-electron chi connectivity index (χ3n) is 5.63. The number of nitrogens with two attached hydrogens (primary N) is 1. The number of piperidine rings is 1. The Balaban J connectivity index is 1.68. The van der Waals surface area contributed by atoms with E-state index in [0.29, 0.717) is 10.9 Å².